The van der Waals surface area contributed by atoms with Crippen LogP contribution in [0.5, 0.6) is 0 Å². The van der Waals surface area contributed by atoms with Gasteiger partial charge in [-0.05, 0) is 36.8 Å². The van der Waals surface area contributed by atoms with Crippen molar-refractivity contribution >= 4 is 22.8 Å². The highest BCUT2D eigenvalue weighted by atomic mass is 16.1. The van der Waals surface area contributed by atoms with Crippen molar-refractivity contribution in [2.75, 3.05) is 24.5 Å². The van der Waals surface area contributed by atoms with Gasteiger partial charge in [-0.1, -0.05) is 52.2 Å². The number of nitrogens with one attached hydrogen (secondary N) is 1. The maximum Gasteiger partial charge on any atom is 0.243 e. The van der Waals surface area contributed by atoms with Gasteiger partial charge in [-0.15, -0.1) is 0 Å². The number of para-hydroxylation sites is 2. The number of piperidine rings is 1. The predicted octanol–water partition coefficient (Wildman–Crippen LogP) is 4.42. The molecule has 0 spiro atoms. The zero-order valence-electron chi connectivity index (χ0n) is 18.4. The molecule has 1 saturated heterocycles. The molecular weight excluding hydrogens is 374 g/mol. The third-order valence-corrected chi connectivity index (χ3v) is 5.74. The van der Waals surface area contributed by atoms with E-state index >= 15 is 0 Å². The molecule has 1 aromatic heterocycles. The van der Waals surface area contributed by atoms with Crippen LogP contribution in [0.25, 0.3) is 11.0 Å². The van der Waals surface area contributed by atoms with E-state index in [4.69, 9.17) is 9.97 Å². The second-order valence-corrected chi connectivity index (χ2v) is 8.69. The number of carbonyl (C=O) groups excluding carboxylic acids is 1. The molecule has 0 aliphatic carbocycles. The highest BCUT2D eigenvalue weighted by Crippen LogP contribution is 2.31. The number of hydrogen-bond acceptors (Lipinski definition) is 5. The number of carbonyl (C=O) groups is 1. The Morgan fingerprint density at radius 1 is 1.17 bits per heavy atom. The molecule has 1 N–H and O–H groups in total. The zero-order valence-corrected chi connectivity index (χ0v) is 18.4. The van der Waals surface area contributed by atoms with Gasteiger partial charge in [0.25, 0.3) is 0 Å². The molecule has 2 heterocycles. The highest BCUT2D eigenvalue weighted by molar-refractivity contribution is 5.88. The van der Waals surface area contributed by atoms with Crippen molar-refractivity contribution in [2.24, 2.45) is 11.8 Å². The van der Waals surface area contributed by atoms with Crippen LogP contribution in [-0.2, 0) is 4.79 Å². The standard InChI is InChI=1S/C24H33N5O/c1-4-5-6-9-12-26-24(30)19(14-25)22-23(29-15-17(2)13-18(3)16-29)28-21-11-8-7-10-20(21)27-22/h7-8,10-11,17-19H,4-6,9,12-13,15-16H2,1-3H3,(H,26,30). The number of unbranched alkanes of at least 4 members (excludes halogenated alkanes) is 3. The van der Waals surface area contributed by atoms with Crippen LogP contribution >= 0.6 is 0 Å². The third-order valence-electron chi connectivity index (χ3n) is 5.74. The van der Waals surface area contributed by atoms with Crippen LogP contribution in [0.1, 0.15) is 64.5 Å². The minimum Gasteiger partial charge on any atom is -0.355 e. The van der Waals surface area contributed by atoms with Crippen LogP contribution in [0.2, 0.25) is 0 Å². The van der Waals surface area contributed by atoms with Crippen molar-refractivity contribution in [1.82, 2.24) is 15.3 Å². The smallest absolute Gasteiger partial charge is 0.243 e. The summed E-state index contributed by atoms with van der Waals surface area (Å²) in [7, 11) is 0. The molecule has 6 nitrogen and oxygen atoms in total. The minimum atomic E-state index is -0.962. The number of rotatable bonds is 8. The van der Waals surface area contributed by atoms with Gasteiger partial charge in [-0.2, -0.15) is 5.26 Å². The van der Waals surface area contributed by atoms with Gasteiger partial charge in [0.1, 0.15) is 5.69 Å². The average Bonchev–Trinajstić information content (AvgIpc) is 2.73. The van der Waals surface area contributed by atoms with E-state index in [1.54, 1.807) is 0 Å². The Hall–Kier alpha value is -2.68. The summed E-state index contributed by atoms with van der Waals surface area (Å²) in [6.07, 6.45) is 5.49. The van der Waals surface area contributed by atoms with E-state index < -0.39 is 5.92 Å². The van der Waals surface area contributed by atoms with Crippen LogP contribution < -0.4 is 10.2 Å². The van der Waals surface area contributed by atoms with E-state index in [0.29, 0.717) is 35.4 Å². The summed E-state index contributed by atoms with van der Waals surface area (Å²) in [6, 6.07) is 9.85. The lowest BCUT2D eigenvalue weighted by molar-refractivity contribution is -0.121. The van der Waals surface area contributed by atoms with E-state index in [-0.39, 0.29) is 5.91 Å². The number of nitriles is 1. The quantitative estimate of drug-likeness (QED) is 0.655. The van der Waals surface area contributed by atoms with Crippen LogP contribution in [0.15, 0.2) is 24.3 Å². The summed E-state index contributed by atoms with van der Waals surface area (Å²) in [5.74, 6) is 0.499. The maximum atomic E-state index is 12.9. The first-order valence-electron chi connectivity index (χ1n) is 11.2. The van der Waals surface area contributed by atoms with E-state index in [9.17, 15) is 10.1 Å². The number of amides is 1. The van der Waals surface area contributed by atoms with Crippen LogP contribution in [0, 0.1) is 23.2 Å². The summed E-state index contributed by atoms with van der Waals surface area (Å²) in [4.78, 5) is 24.7. The molecule has 6 heteroatoms. The lowest BCUT2D eigenvalue weighted by Crippen LogP contribution is -2.40. The molecule has 0 radical (unpaired) electrons. The third kappa shape index (κ3) is 5.27. The Morgan fingerprint density at radius 3 is 2.47 bits per heavy atom. The molecule has 3 atom stereocenters. The van der Waals surface area contributed by atoms with Gasteiger partial charge in [0.05, 0.1) is 17.1 Å². The van der Waals surface area contributed by atoms with Crippen molar-refractivity contribution in [3.63, 3.8) is 0 Å². The van der Waals surface area contributed by atoms with Gasteiger partial charge in [0, 0.05) is 19.6 Å². The molecule has 2 aromatic rings. The van der Waals surface area contributed by atoms with E-state index in [0.717, 1.165) is 44.3 Å². The molecule has 1 aliphatic heterocycles. The predicted molar refractivity (Wildman–Crippen MR) is 120 cm³/mol. The molecule has 1 amide bonds. The number of nitrogens with zero attached hydrogens (tertiary/aromatic N) is 4. The number of aromatic nitrogens is 2. The molecular formula is C24H33N5O. The lowest BCUT2D eigenvalue weighted by atomic mass is 9.91. The van der Waals surface area contributed by atoms with Crippen molar-refractivity contribution < 1.29 is 4.79 Å². The Bertz CT molecular complexity index is 896. The molecule has 0 saturated carbocycles. The van der Waals surface area contributed by atoms with Crippen molar-refractivity contribution in [2.45, 2.75) is 58.8 Å². The second-order valence-electron chi connectivity index (χ2n) is 8.69. The van der Waals surface area contributed by atoms with Gasteiger partial charge in [-0.3, -0.25) is 4.79 Å². The highest BCUT2D eigenvalue weighted by Gasteiger charge is 2.31. The van der Waals surface area contributed by atoms with E-state index in [1.807, 2.05) is 24.3 Å². The minimum absolute atomic E-state index is 0.280. The number of anilines is 1. The SMILES string of the molecule is CCCCCCNC(=O)C(C#N)c1nc2ccccc2nc1N1CC(C)CC(C)C1. The zero-order chi connectivity index (χ0) is 21.5. The topological polar surface area (TPSA) is 81.9 Å². The summed E-state index contributed by atoms with van der Waals surface area (Å²) < 4.78 is 0. The van der Waals surface area contributed by atoms with Gasteiger partial charge >= 0.3 is 0 Å². The molecule has 1 fully saturated rings. The fraction of sp³-hybridized carbons (Fsp3) is 0.583. The number of fused-ring (bicyclic) bond motifs is 1. The van der Waals surface area contributed by atoms with Gasteiger partial charge in [0.15, 0.2) is 11.7 Å². The summed E-state index contributed by atoms with van der Waals surface area (Å²) in [5.41, 5.74) is 1.98. The molecule has 3 rings (SSSR count). The van der Waals surface area contributed by atoms with E-state index in [2.05, 4.69) is 37.1 Å². The number of benzene rings is 1. The normalized spacial score (nSPS) is 20.0. The average molecular weight is 408 g/mol. The van der Waals surface area contributed by atoms with Gasteiger partial charge in [-0.25, -0.2) is 9.97 Å². The summed E-state index contributed by atoms with van der Waals surface area (Å²) >= 11 is 0. The summed E-state index contributed by atoms with van der Waals surface area (Å²) in [5, 5.41) is 12.8. The fourth-order valence-electron chi connectivity index (χ4n) is 4.38. The van der Waals surface area contributed by atoms with Crippen molar-refractivity contribution in [3.8, 4) is 6.07 Å². The Morgan fingerprint density at radius 2 is 1.83 bits per heavy atom. The summed E-state index contributed by atoms with van der Waals surface area (Å²) in [6.45, 7) is 8.95. The van der Waals surface area contributed by atoms with Crippen LogP contribution in [0.3, 0.4) is 0 Å². The van der Waals surface area contributed by atoms with E-state index in [1.165, 1.54) is 6.42 Å². The van der Waals surface area contributed by atoms with Gasteiger partial charge < -0.3 is 10.2 Å². The molecule has 1 aliphatic rings. The first kappa shape index (κ1) is 22.0. The molecule has 0 bridgehead atoms. The molecule has 30 heavy (non-hydrogen) atoms. The van der Waals surface area contributed by atoms with Crippen LogP contribution in [0.4, 0.5) is 5.82 Å². The molecule has 1 aromatic carbocycles. The Kier molecular flexibility index (Phi) is 7.62. The molecule has 3 unspecified atom stereocenters. The Labute approximate surface area is 179 Å². The first-order valence-corrected chi connectivity index (χ1v) is 11.2. The van der Waals surface area contributed by atoms with Crippen molar-refractivity contribution in [3.05, 3.63) is 30.0 Å². The van der Waals surface area contributed by atoms with Crippen LogP contribution in [-0.4, -0.2) is 35.5 Å². The largest absolute Gasteiger partial charge is 0.355 e. The lowest BCUT2D eigenvalue weighted by Gasteiger charge is -2.36. The van der Waals surface area contributed by atoms with Crippen molar-refractivity contribution in [1.29, 1.82) is 5.26 Å². The fourth-order valence-corrected chi connectivity index (χ4v) is 4.38. The van der Waals surface area contributed by atoms with Gasteiger partial charge in [0.2, 0.25) is 5.91 Å². The number of hydrogen-bond donors (Lipinski definition) is 1. The Balaban J connectivity index is 1.91. The maximum absolute atomic E-state index is 12.9. The molecule has 160 valence electrons. The first-order chi connectivity index (χ1) is 14.5. The second kappa shape index (κ2) is 10.4. The monoisotopic (exact) mass is 407 g/mol.